The van der Waals surface area contributed by atoms with Crippen molar-refractivity contribution in [3.63, 3.8) is 0 Å². The second-order valence-corrected chi connectivity index (χ2v) is 13.1. The Morgan fingerprint density at radius 2 is 1.68 bits per heavy atom. The van der Waals surface area contributed by atoms with E-state index in [-0.39, 0.29) is 42.8 Å². The normalized spacial score (nSPS) is 16.5. The molecule has 1 heterocycles. The maximum atomic E-state index is 13.3. The van der Waals surface area contributed by atoms with Gasteiger partial charge >= 0.3 is 12.8 Å². The van der Waals surface area contributed by atoms with E-state index >= 15 is 0 Å². The molecule has 0 bridgehead atoms. The maximum Gasteiger partial charge on any atom is 0.416 e. The highest BCUT2D eigenvalue weighted by Crippen LogP contribution is 2.35. The van der Waals surface area contributed by atoms with Crippen molar-refractivity contribution in [1.82, 2.24) is 4.90 Å². The van der Waals surface area contributed by atoms with Crippen LogP contribution in [0.1, 0.15) is 42.1 Å². The van der Waals surface area contributed by atoms with E-state index in [9.17, 15) is 43.6 Å². The maximum absolute atomic E-state index is 13.3. The zero-order valence-corrected chi connectivity index (χ0v) is 22.0. The first kappa shape index (κ1) is 29.8. The molecule has 2 aromatic carbocycles. The number of carbonyl (C=O) groups excluding carboxylic acids is 1. The van der Waals surface area contributed by atoms with E-state index < -0.39 is 65.7 Å². The molecule has 0 aliphatic carbocycles. The zero-order valence-electron chi connectivity index (χ0n) is 20.4. The van der Waals surface area contributed by atoms with Crippen LogP contribution >= 0.6 is 0 Å². The van der Waals surface area contributed by atoms with Gasteiger partial charge in [0.2, 0.25) is 0 Å². The Morgan fingerprint density at radius 1 is 1.05 bits per heavy atom. The first-order valence-electron chi connectivity index (χ1n) is 11.5. The number of amides is 1. The quantitative estimate of drug-likeness (QED) is 0.414. The minimum Gasteiger partial charge on any atom is -0.435 e. The minimum absolute atomic E-state index is 0.0290. The molecule has 1 saturated heterocycles. The van der Waals surface area contributed by atoms with Gasteiger partial charge in [-0.15, -0.1) is 0 Å². The molecule has 1 atom stereocenters. The third-order valence-corrected chi connectivity index (χ3v) is 10.0. The van der Waals surface area contributed by atoms with E-state index in [1.807, 2.05) is 0 Å². The Kier molecular flexibility index (Phi) is 8.76. The van der Waals surface area contributed by atoms with Gasteiger partial charge in [0.1, 0.15) is 5.75 Å². The molecule has 38 heavy (non-hydrogen) atoms. The van der Waals surface area contributed by atoms with E-state index in [1.54, 1.807) is 6.92 Å². The van der Waals surface area contributed by atoms with Crippen molar-refractivity contribution in [3.05, 3.63) is 53.6 Å². The van der Waals surface area contributed by atoms with Crippen molar-refractivity contribution in [3.8, 4) is 5.75 Å². The molecule has 7 nitrogen and oxygen atoms in total. The summed E-state index contributed by atoms with van der Waals surface area (Å²) in [5.41, 5.74) is -1.43. The molecule has 1 fully saturated rings. The molecule has 1 aliphatic rings. The molecule has 1 amide bonds. The number of halogens is 5. The molecule has 0 saturated carbocycles. The smallest absolute Gasteiger partial charge is 0.416 e. The Bertz CT molecular complexity index is 1390. The molecule has 1 unspecified atom stereocenters. The number of piperidine rings is 1. The standard InChI is InChI=1S/C24H26F5NO6S2/c1-3-20(38(34,35)18-6-4-5-16(13-18)24(27,28)29)15-9-11-30(12-10-15)22(31)19-14-17(36-23(25)26)7-8-21(19)37(2,32)33/h4-8,13-15,20,23H,3,9-12H2,1-2H3. The Labute approximate surface area is 217 Å². The van der Waals surface area contributed by atoms with E-state index in [0.717, 1.165) is 42.7 Å². The van der Waals surface area contributed by atoms with Crippen molar-refractivity contribution < 1.29 is 48.3 Å². The number of alkyl halides is 5. The second kappa shape index (κ2) is 11.2. The van der Waals surface area contributed by atoms with Gasteiger partial charge in [-0.1, -0.05) is 13.0 Å². The van der Waals surface area contributed by atoms with E-state index in [1.165, 1.54) is 4.90 Å². The van der Waals surface area contributed by atoms with Crippen LogP contribution < -0.4 is 4.74 Å². The fourth-order valence-electron chi connectivity index (χ4n) is 4.65. The number of carbonyl (C=O) groups is 1. The molecule has 1 aliphatic heterocycles. The Hall–Kier alpha value is -2.74. The summed E-state index contributed by atoms with van der Waals surface area (Å²) in [5.74, 6) is -1.63. The number of likely N-dealkylation sites (tertiary alicyclic amines) is 1. The van der Waals surface area contributed by atoms with Gasteiger partial charge in [0.25, 0.3) is 5.91 Å². The number of rotatable bonds is 8. The summed E-state index contributed by atoms with van der Waals surface area (Å²) < 4.78 is 120. The van der Waals surface area contributed by atoms with E-state index in [2.05, 4.69) is 4.74 Å². The third kappa shape index (κ3) is 6.63. The molecule has 2 aromatic rings. The number of hydrogen-bond donors (Lipinski definition) is 0. The number of nitrogens with zero attached hydrogens (tertiary/aromatic N) is 1. The molecule has 14 heteroatoms. The van der Waals surface area contributed by atoms with Crippen LogP contribution in [0.25, 0.3) is 0 Å². The molecule has 0 spiro atoms. The zero-order chi connectivity index (χ0) is 28.5. The van der Waals surface area contributed by atoms with Gasteiger partial charge < -0.3 is 9.64 Å². The largest absolute Gasteiger partial charge is 0.435 e. The van der Waals surface area contributed by atoms with Crippen molar-refractivity contribution in [2.24, 2.45) is 5.92 Å². The highest BCUT2D eigenvalue weighted by atomic mass is 32.2. The van der Waals surface area contributed by atoms with Crippen molar-refractivity contribution >= 4 is 25.6 Å². The first-order chi connectivity index (χ1) is 17.6. The average Bonchev–Trinajstić information content (AvgIpc) is 2.83. The fraction of sp³-hybridized carbons (Fsp3) is 0.458. The van der Waals surface area contributed by atoms with Gasteiger partial charge in [-0.25, -0.2) is 16.8 Å². The summed E-state index contributed by atoms with van der Waals surface area (Å²) >= 11 is 0. The Balaban J connectivity index is 1.82. The van der Waals surface area contributed by atoms with Crippen molar-refractivity contribution in [1.29, 1.82) is 0 Å². The van der Waals surface area contributed by atoms with Gasteiger partial charge in [-0.05, 0) is 61.6 Å². The molecule has 3 rings (SSSR count). The predicted molar refractivity (Wildman–Crippen MR) is 128 cm³/mol. The number of hydrogen-bond acceptors (Lipinski definition) is 6. The van der Waals surface area contributed by atoms with Gasteiger partial charge in [0.15, 0.2) is 19.7 Å². The monoisotopic (exact) mass is 583 g/mol. The van der Waals surface area contributed by atoms with Crippen LogP contribution in [0.3, 0.4) is 0 Å². The lowest BCUT2D eigenvalue weighted by Gasteiger charge is -2.36. The van der Waals surface area contributed by atoms with E-state index in [0.29, 0.717) is 6.07 Å². The van der Waals surface area contributed by atoms with Crippen LogP contribution in [0.15, 0.2) is 52.3 Å². The first-order valence-corrected chi connectivity index (χ1v) is 15.0. The summed E-state index contributed by atoms with van der Waals surface area (Å²) in [6.45, 7) is -1.52. The summed E-state index contributed by atoms with van der Waals surface area (Å²) in [4.78, 5) is 13.7. The lowest BCUT2D eigenvalue weighted by atomic mass is 9.91. The summed E-state index contributed by atoms with van der Waals surface area (Å²) in [6, 6.07) is 6.48. The van der Waals surface area contributed by atoms with Crippen LogP contribution in [0.4, 0.5) is 22.0 Å². The molecular formula is C24H26F5NO6S2. The fourth-order valence-corrected chi connectivity index (χ4v) is 7.64. The highest BCUT2D eigenvalue weighted by Gasteiger charge is 2.38. The topological polar surface area (TPSA) is 97.8 Å². The number of benzene rings is 2. The van der Waals surface area contributed by atoms with E-state index in [4.69, 9.17) is 0 Å². The molecule has 0 radical (unpaired) electrons. The average molecular weight is 584 g/mol. The van der Waals surface area contributed by atoms with Crippen LogP contribution in [-0.2, 0) is 25.9 Å². The predicted octanol–water partition coefficient (Wildman–Crippen LogP) is 4.82. The van der Waals surface area contributed by atoms with Gasteiger partial charge in [0, 0.05) is 19.3 Å². The van der Waals surface area contributed by atoms with Crippen LogP contribution in [0, 0.1) is 5.92 Å². The van der Waals surface area contributed by atoms with Crippen LogP contribution in [0.5, 0.6) is 5.75 Å². The highest BCUT2D eigenvalue weighted by molar-refractivity contribution is 7.92. The third-order valence-electron chi connectivity index (χ3n) is 6.45. The number of sulfone groups is 2. The molecular weight excluding hydrogens is 557 g/mol. The summed E-state index contributed by atoms with van der Waals surface area (Å²) in [6.07, 6.45) is -3.35. The molecule has 0 aromatic heterocycles. The summed E-state index contributed by atoms with van der Waals surface area (Å²) in [7, 11) is -8.04. The van der Waals surface area contributed by atoms with Crippen LogP contribution in [0.2, 0.25) is 0 Å². The molecule has 0 N–H and O–H groups in total. The Morgan fingerprint density at radius 3 is 2.21 bits per heavy atom. The van der Waals surface area contributed by atoms with Crippen LogP contribution in [-0.4, -0.2) is 58.8 Å². The lowest BCUT2D eigenvalue weighted by Crippen LogP contribution is -2.43. The minimum atomic E-state index is -4.71. The lowest BCUT2D eigenvalue weighted by molar-refractivity contribution is -0.137. The second-order valence-electron chi connectivity index (χ2n) is 8.96. The van der Waals surface area contributed by atoms with Crippen molar-refractivity contribution in [2.45, 2.75) is 54.0 Å². The van der Waals surface area contributed by atoms with Crippen molar-refractivity contribution in [2.75, 3.05) is 19.3 Å². The summed E-state index contributed by atoms with van der Waals surface area (Å²) in [5, 5.41) is -1.00. The SMILES string of the molecule is CCC(C1CCN(C(=O)c2cc(OC(F)F)ccc2S(C)(=O)=O)CC1)S(=O)(=O)c1cccc(C(F)(F)F)c1. The van der Waals surface area contributed by atoms with Gasteiger partial charge in [-0.2, -0.15) is 22.0 Å². The number of ether oxygens (including phenoxy) is 1. The van der Waals surface area contributed by atoms with Gasteiger partial charge in [-0.3, -0.25) is 4.79 Å². The molecule has 210 valence electrons. The van der Waals surface area contributed by atoms with Gasteiger partial charge in [0.05, 0.1) is 26.2 Å².